The molecule has 2 heterocycles. The Balaban J connectivity index is 1.82. The molecule has 3 aromatic carbocycles. The lowest BCUT2D eigenvalue weighted by Gasteiger charge is -2.44. The summed E-state index contributed by atoms with van der Waals surface area (Å²) < 4.78 is 0. The van der Waals surface area contributed by atoms with E-state index in [1.165, 1.54) is 0 Å². The first-order valence-electron chi connectivity index (χ1n) is 8.62. The van der Waals surface area contributed by atoms with Gasteiger partial charge in [-0.15, -0.1) is 11.8 Å². The second-order valence-electron chi connectivity index (χ2n) is 6.72. The molecule has 4 heteroatoms. The molecule has 0 radical (unpaired) electrons. The molecule has 5 rings (SSSR count). The topological polar surface area (TPSA) is 49.3 Å². The Kier molecular flexibility index (Phi) is 3.45. The highest BCUT2D eigenvalue weighted by atomic mass is 32.2. The van der Waals surface area contributed by atoms with Crippen LogP contribution in [0.5, 0.6) is 0 Å². The third-order valence-corrected chi connectivity index (χ3v) is 6.91. The first kappa shape index (κ1) is 15.7. The van der Waals surface area contributed by atoms with Crippen molar-refractivity contribution in [3.63, 3.8) is 0 Å². The summed E-state index contributed by atoms with van der Waals surface area (Å²) in [4.78, 5) is 14.4. The molecule has 0 bridgehead atoms. The Morgan fingerprint density at radius 1 is 0.885 bits per heavy atom. The number of carbonyl (C=O) groups excluding carboxylic acids is 1. The molecule has 0 aliphatic carbocycles. The fourth-order valence-electron chi connectivity index (χ4n) is 4.21. The van der Waals surface area contributed by atoms with Crippen LogP contribution >= 0.6 is 11.8 Å². The summed E-state index contributed by atoms with van der Waals surface area (Å²) in [5.41, 5.74) is 2.47. The molecule has 0 unspecified atom stereocenters. The Bertz CT molecular complexity index is 1000. The smallest absolute Gasteiger partial charge is 0.239 e. The van der Waals surface area contributed by atoms with E-state index in [1.807, 2.05) is 78.9 Å². The van der Waals surface area contributed by atoms with Gasteiger partial charge in [0.05, 0.1) is 5.25 Å². The van der Waals surface area contributed by atoms with Gasteiger partial charge < -0.3 is 10.4 Å². The molecule has 0 fully saturated rings. The minimum atomic E-state index is -1.04. The third-order valence-electron chi connectivity index (χ3n) is 5.40. The van der Waals surface area contributed by atoms with Crippen molar-refractivity contribution in [2.24, 2.45) is 0 Å². The molecule has 3 aromatic rings. The van der Waals surface area contributed by atoms with E-state index < -0.39 is 11.5 Å². The van der Waals surface area contributed by atoms with E-state index in [0.717, 1.165) is 27.3 Å². The van der Waals surface area contributed by atoms with Crippen LogP contribution < -0.4 is 5.32 Å². The molecule has 0 aromatic heterocycles. The molecule has 2 aliphatic rings. The number of thioether (sulfide) groups is 1. The van der Waals surface area contributed by atoms with Crippen molar-refractivity contribution in [1.29, 1.82) is 0 Å². The van der Waals surface area contributed by atoms with Gasteiger partial charge in [0, 0.05) is 10.6 Å². The summed E-state index contributed by atoms with van der Waals surface area (Å²) in [6.45, 7) is 0. The second kappa shape index (κ2) is 5.73. The highest BCUT2D eigenvalue weighted by molar-refractivity contribution is 7.99. The third kappa shape index (κ3) is 1.97. The Morgan fingerprint density at radius 2 is 1.58 bits per heavy atom. The van der Waals surface area contributed by atoms with Gasteiger partial charge in [-0.25, -0.2) is 0 Å². The first-order chi connectivity index (χ1) is 12.7. The van der Waals surface area contributed by atoms with Crippen LogP contribution in [0.1, 0.15) is 28.0 Å². The van der Waals surface area contributed by atoms with Gasteiger partial charge in [0.25, 0.3) is 0 Å². The van der Waals surface area contributed by atoms with Gasteiger partial charge in [-0.05, 0) is 28.8 Å². The van der Waals surface area contributed by atoms with Crippen molar-refractivity contribution >= 4 is 23.4 Å². The molecular formula is C22H17NO2S. The summed E-state index contributed by atoms with van der Waals surface area (Å²) >= 11 is 1.66. The number of hydrogen-bond acceptors (Lipinski definition) is 3. The van der Waals surface area contributed by atoms with Crippen molar-refractivity contribution in [3.05, 3.63) is 95.6 Å². The maximum atomic E-state index is 13.3. The van der Waals surface area contributed by atoms with Gasteiger partial charge in [-0.3, -0.25) is 4.79 Å². The number of carbonyl (C=O) groups is 1. The number of fused-ring (bicyclic) bond motifs is 3. The van der Waals surface area contributed by atoms with Gasteiger partial charge in [0.15, 0.2) is 0 Å². The summed E-state index contributed by atoms with van der Waals surface area (Å²) in [5.74, 6) is -0.137. The molecule has 2 aliphatic heterocycles. The predicted molar refractivity (Wildman–Crippen MR) is 103 cm³/mol. The van der Waals surface area contributed by atoms with Crippen LogP contribution in [0.15, 0.2) is 83.8 Å². The standard InChI is InChI=1S/C22H17NO2S/c24-19-15-10-4-7-13-18(15)26-20(14-8-2-1-3-9-14)22(19)16-11-5-6-12-17(16)23-21(22)25/h1-13,19-20,24H,(H,23,25)/t19-,20-,22+/m0/s1. The van der Waals surface area contributed by atoms with Gasteiger partial charge in [-0.1, -0.05) is 66.7 Å². The van der Waals surface area contributed by atoms with Crippen molar-refractivity contribution in [3.8, 4) is 0 Å². The van der Waals surface area contributed by atoms with E-state index >= 15 is 0 Å². The Morgan fingerprint density at radius 3 is 2.42 bits per heavy atom. The Labute approximate surface area is 156 Å². The number of aliphatic hydroxyl groups excluding tert-OH is 1. The zero-order valence-corrected chi connectivity index (χ0v) is 14.7. The first-order valence-corrected chi connectivity index (χ1v) is 9.50. The van der Waals surface area contributed by atoms with Crippen molar-refractivity contribution in [2.45, 2.75) is 21.7 Å². The lowest BCUT2D eigenvalue weighted by molar-refractivity contribution is -0.125. The van der Waals surface area contributed by atoms with E-state index in [9.17, 15) is 9.90 Å². The maximum absolute atomic E-state index is 13.3. The van der Waals surface area contributed by atoms with Crippen LogP contribution in [0.3, 0.4) is 0 Å². The summed E-state index contributed by atoms with van der Waals surface area (Å²) in [6, 6.07) is 25.5. The van der Waals surface area contributed by atoms with Crippen LogP contribution in [0.4, 0.5) is 5.69 Å². The van der Waals surface area contributed by atoms with Gasteiger partial charge in [0.1, 0.15) is 11.5 Å². The Hall–Kier alpha value is -2.56. The number of nitrogens with one attached hydrogen (secondary N) is 1. The van der Waals surface area contributed by atoms with E-state index in [4.69, 9.17) is 0 Å². The molecule has 0 saturated heterocycles. The summed E-state index contributed by atoms with van der Waals surface area (Å²) in [5, 5.41) is 14.3. The van der Waals surface area contributed by atoms with Crippen LogP contribution in [0.2, 0.25) is 0 Å². The molecule has 1 amide bonds. The number of para-hydroxylation sites is 1. The number of rotatable bonds is 1. The predicted octanol–water partition coefficient (Wildman–Crippen LogP) is 4.46. The SMILES string of the molecule is O=C1Nc2ccccc2[C@]12[C@@H](O)c1ccccc1S[C@H]2c1ccccc1. The second-order valence-corrected chi connectivity index (χ2v) is 7.86. The van der Waals surface area contributed by atoms with Crippen molar-refractivity contribution in [2.75, 3.05) is 5.32 Å². The van der Waals surface area contributed by atoms with E-state index in [2.05, 4.69) is 5.32 Å². The molecule has 2 N–H and O–H groups in total. The van der Waals surface area contributed by atoms with Crippen molar-refractivity contribution < 1.29 is 9.90 Å². The van der Waals surface area contributed by atoms with Crippen LogP contribution in [-0.4, -0.2) is 11.0 Å². The lowest BCUT2D eigenvalue weighted by Crippen LogP contribution is -2.46. The van der Waals surface area contributed by atoms with E-state index in [-0.39, 0.29) is 11.2 Å². The van der Waals surface area contributed by atoms with Crippen LogP contribution in [-0.2, 0) is 10.2 Å². The highest BCUT2D eigenvalue weighted by Crippen LogP contribution is 2.63. The molecule has 0 saturated carbocycles. The average molecular weight is 359 g/mol. The minimum Gasteiger partial charge on any atom is -0.387 e. The van der Waals surface area contributed by atoms with Gasteiger partial charge >= 0.3 is 0 Å². The summed E-state index contributed by atoms with van der Waals surface area (Å²) in [7, 11) is 0. The number of anilines is 1. The van der Waals surface area contributed by atoms with Crippen molar-refractivity contribution in [1.82, 2.24) is 0 Å². The monoisotopic (exact) mass is 359 g/mol. The van der Waals surface area contributed by atoms with Gasteiger partial charge in [0.2, 0.25) is 5.91 Å². The van der Waals surface area contributed by atoms with Gasteiger partial charge in [-0.2, -0.15) is 0 Å². The zero-order valence-electron chi connectivity index (χ0n) is 13.9. The molecule has 1 spiro atoms. The average Bonchev–Trinajstić information content (AvgIpc) is 2.98. The molecule has 128 valence electrons. The van der Waals surface area contributed by atoms with E-state index in [1.54, 1.807) is 11.8 Å². The van der Waals surface area contributed by atoms with Crippen LogP contribution in [0.25, 0.3) is 0 Å². The minimum absolute atomic E-state index is 0.137. The zero-order chi connectivity index (χ0) is 17.7. The number of amides is 1. The fourth-order valence-corrected chi connectivity index (χ4v) is 5.78. The quantitative estimate of drug-likeness (QED) is 0.674. The van der Waals surface area contributed by atoms with E-state index in [0.29, 0.717) is 0 Å². The largest absolute Gasteiger partial charge is 0.387 e. The highest BCUT2D eigenvalue weighted by Gasteiger charge is 2.60. The molecule has 3 nitrogen and oxygen atoms in total. The molecule has 3 atom stereocenters. The fraction of sp³-hybridized carbons (Fsp3) is 0.136. The number of benzene rings is 3. The van der Waals surface area contributed by atoms with Crippen LogP contribution in [0, 0.1) is 0 Å². The normalized spacial score (nSPS) is 26.3. The lowest BCUT2D eigenvalue weighted by atomic mass is 9.69. The maximum Gasteiger partial charge on any atom is 0.239 e. The summed E-state index contributed by atoms with van der Waals surface area (Å²) in [6.07, 6.45) is -0.909. The molecular weight excluding hydrogens is 342 g/mol. The number of hydrogen-bond donors (Lipinski definition) is 2. The molecule has 26 heavy (non-hydrogen) atoms. The number of aliphatic hydroxyl groups is 1.